The van der Waals surface area contributed by atoms with Gasteiger partial charge >= 0.3 is 0 Å². The van der Waals surface area contributed by atoms with Crippen LogP contribution in [0.25, 0.3) is 11.6 Å². The van der Waals surface area contributed by atoms with E-state index in [0.29, 0.717) is 53.8 Å². The van der Waals surface area contributed by atoms with Crippen LogP contribution in [0.5, 0.6) is 0 Å². The van der Waals surface area contributed by atoms with Crippen molar-refractivity contribution in [3.63, 3.8) is 0 Å². The summed E-state index contributed by atoms with van der Waals surface area (Å²) in [5, 5.41) is 6.13. The smallest absolute Gasteiger partial charge is 0.258 e. The highest BCUT2D eigenvalue weighted by atomic mass is 16.2. The molecular weight excluding hydrogens is 358 g/mol. The molecule has 2 bridgehead atoms. The average molecular weight is 381 g/mol. The van der Waals surface area contributed by atoms with Gasteiger partial charge in [-0.1, -0.05) is 0 Å². The summed E-state index contributed by atoms with van der Waals surface area (Å²) in [5.41, 5.74) is 3.52. The molecule has 3 N–H and O–H groups in total. The summed E-state index contributed by atoms with van der Waals surface area (Å²) in [4.78, 5) is 41.2. The zero-order chi connectivity index (χ0) is 19.8. The highest BCUT2D eigenvalue weighted by molar-refractivity contribution is 6.34. The van der Waals surface area contributed by atoms with Crippen molar-refractivity contribution in [3.8, 4) is 0 Å². The van der Waals surface area contributed by atoms with Crippen LogP contribution in [0.3, 0.4) is 0 Å². The summed E-state index contributed by atoms with van der Waals surface area (Å²) < 4.78 is 0. The van der Waals surface area contributed by atoms with Crippen LogP contribution in [0, 0.1) is 6.92 Å². The fraction of sp³-hybridized carbons (Fsp3) is 0.368. The van der Waals surface area contributed by atoms with Crippen molar-refractivity contribution in [2.75, 3.05) is 50.5 Å². The van der Waals surface area contributed by atoms with E-state index in [-0.39, 0.29) is 11.8 Å². The molecule has 4 heterocycles. The fourth-order valence-corrected chi connectivity index (χ4v) is 3.36. The first-order valence-corrected chi connectivity index (χ1v) is 9.21. The highest BCUT2D eigenvalue weighted by Gasteiger charge is 2.28. The first kappa shape index (κ1) is 18.2. The van der Waals surface area contributed by atoms with Gasteiger partial charge in [0.25, 0.3) is 11.8 Å². The maximum atomic E-state index is 12.9. The van der Waals surface area contributed by atoms with Crippen molar-refractivity contribution in [3.05, 3.63) is 34.9 Å². The number of anilines is 2. The Balaban J connectivity index is 1.85. The number of carbonyl (C=O) groups excluding carboxylic acids is 2. The van der Waals surface area contributed by atoms with Crippen molar-refractivity contribution in [2.24, 2.45) is 0 Å². The fourth-order valence-electron chi connectivity index (χ4n) is 3.36. The summed E-state index contributed by atoms with van der Waals surface area (Å²) in [5.74, 6) is 0.204. The second-order valence-electron chi connectivity index (χ2n) is 7.12. The maximum Gasteiger partial charge on any atom is 0.258 e. The Hall–Kier alpha value is -3.20. The monoisotopic (exact) mass is 381 g/mol. The Morgan fingerprint density at radius 3 is 2.64 bits per heavy atom. The van der Waals surface area contributed by atoms with Gasteiger partial charge in [0.2, 0.25) is 5.95 Å². The molecule has 9 heteroatoms. The van der Waals surface area contributed by atoms with Gasteiger partial charge in [-0.05, 0) is 19.1 Å². The Kier molecular flexibility index (Phi) is 4.60. The summed E-state index contributed by atoms with van der Waals surface area (Å²) in [6.07, 6.45) is 3.32. The van der Waals surface area contributed by atoms with Crippen molar-refractivity contribution < 1.29 is 9.59 Å². The van der Waals surface area contributed by atoms with Crippen molar-refractivity contribution in [2.45, 2.75) is 6.92 Å². The molecule has 0 spiro atoms. The highest BCUT2D eigenvalue weighted by Crippen LogP contribution is 2.32. The lowest BCUT2D eigenvalue weighted by Gasteiger charge is -2.19. The maximum absolute atomic E-state index is 12.9. The van der Waals surface area contributed by atoms with Crippen molar-refractivity contribution in [1.82, 2.24) is 25.2 Å². The molecule has 0 saturated carbocycles. The number of aromatic nitrogens is 3. The van der Waals surface area contributed by atoms with Crippen LogP contribution in [-0.4, -0.2) is 71.9 Å². The number of aryl methyl sites for hydroxylation is 1. The van der Waals surface area contributed by atoms with E-state index in [2.05, 4.69) is 25.6 Å². The molecule has 28 heavy (non-hydrogen) atoms. The van der Waals surface area contributed by atoms with E-state index in [0.717, 1.165) is 12.2 Å². The molecule has 2 amide bonds. The van der Waals surface area contributed by atoms with Crippen LogP contribution in [0.1, 0.15) is 27.4 Å². The summed E-state index contributed by atoms with van der Waals surface area (Å²) in [6, 6.07) is 1.81. The number of nitrogens with one attached hydrogen (secondary N) is 3. The largest absolute Gasteiger partial charge is 0.358 e. The lowest BCUT2D eigenvalue weighted by Crippen LogP contribution is -2.37. The van der Waals surface area contributed by atoms with E-state index in [1.165, 1.54) is 0 Å². The van der Waals surface area contributed by atoms with Crippen LogP contribution in [0.4, 0.5) is 11.6 Å². The van der Waals surface area contributed by atoms with Gasteiger partial charge in [-0.25, -0.2) is 9.97 Å². The number of nitrogens with zero attached hydrogens (tertiary/aromatic N) is 4. The van der Waals surface area contributed by atoms with Gasteiger partial charge in [-0.2, -0.15) is 0 Å². The number of rotatable bonds is 0. The Morgan fingerprint density at radius 1 is 1.11 bits per heavy atom. The molecular formula is C19H23N7O2. The van der Waals surface area contributed by atoms with Crippen LogP contribution >= 0.6 is 0 Å². The average Bonchev–Trinajstić information content (AvgIpc) is 3.19. The number of hydrogen-bond acceptors (Lipinski definition) is 6. The molecule has 2 aromatic rings. The Labute approximate surface area is 162 Å². The quantitative estimate of drug-likeness (QED) is 0.621. The Morgan fingerprint density at radius 2 is 1.86 bits per heavy atom. The molecule has 146 valence electrons. The molecule has 0 atom stereocenters. The molecule has 0 fully saturated rings. The van der Waals surface area contributed by atoms with Crippen LogP contribution in [-0.2, 0) is 4.79 Å². The topological polar surface area (TPSA) is 106 Å². The molecule has 2 aliphatic rings. The minimum atomic E-state index is -0.255. The van der Waals surface area contributed by atoms with E-state index >= 15 is 0 Å². The number of hydrogen-bond donors (Lipinski definition) is 3. The predicted molar refractivity (Wildman–Crippen MR) is 107 cm³/mol. The van der Waals surface area contributed by atoms with E-state index < -0.39 is 0 Å². The molecule has 0 saturated heterocycles. The molecule has 0 aromatic carbocycles. The third-order valence-electron chi connectivity index (χ3n) is 4.96. The number of amides is 2. The normalized spacial score (nSPS) is 19.5. The number of H-pyrrole nitrogens is 1. The van der Waals surface area contributed by atoms with Gasteiger partial charge in [0, 0.05) is 46.0 Å². The second kappa shape index (κ2) is 7.08. The molecule has 2 aliphatic heterocycles. The third-order valence-corrected chi connectivity index (χ3v) is 4.96. The SMILES string of the molecule is Cc1cc2c([nH]1)/C=C1\C(=O)Nc3cnc(nc31)N(C)CCNCCN(C)C2=O. The van der Waals surface area contributed by atoms with E-state index in [1.54, 1.807) is 24.2 Å². The minimum Gasteiger partial charge on any atom is -0.358 e. The second-order valence-corrected chi connectivity index (χ2v) is 7.12. The van der Waals surface area contributed by atoms with Gasteiger partial charge in [-0.3, -0.25) is 9.59 Å². The van der Waals surface area contributed by atoms with Gasteiger partial charge in [0.1, 0.15) is 5.69 Å². The Bertz CT molecular complexity index is 979. The predicted octanol–water partition coefficient (Wildman–Crippen LogP) is 0.717. The number of aromatic amines is 1. The first-order chi connectivity index (χ1) is 13.4. The van der Waals surface area contributed by atoms with Gasteiger partial charge in [0.05, 0.1) is 28.7 Å². The number of fused-ring (bicyclic) bond motifs is 2. The van der Waals surface area contributed by atoms with Crippen LogP contribution < -0.4 is 15.5 Å². The number of likely N-dealkylation sites (N-methyl/N-ethyl adjacent to an activating group) is 2. The standard InChI is InChI=1S/C19H23N7O2/c1-11-8-12-14(22-11)9-13-16-15(23-17(13)27)10-21-19(24-16)26(3)7-5-20-4-6-25(2)18(12)28/h8-10,20,22H,4-7H2,1-3H3,(H,23,27)/b13-9-. The molecule has 0 aliphatic carbocycles. The van der Waals surface area contributed by atoms with Crippen molar-refractivity contribution >= 4 is 35.1 Å². The third kappa shape index (κ3) is 3.24. The number of carbonyl (C=O) groups is 2. The summed E-state index contributed by atoms with van der Waals surface area (Å²) >= 11 is 0. The van der Waals surface area contributed by atoms with Gasteiger partial charge in [-0.15, -0.1) is 0 Å². The molecule has 2 aromatic heterocycles. The zero-order valence-electron chi connectivity index (χ0n) is 16.2. The minimum absolute atomic E-state index is 0.0907. The van der Waals surface area contributed by atoms with E-state index in [1.807, 2.05) is 24.9 Å². The van der Waals surface area contributed by atoms with Crippen LogP contribution in [0.2, 0.25) is 0 Å². The van der Waals surface area contributed by atoms with Gasteiger partial charge in [0.15, 0.2) is 0 Å². The van der Waals surface area contributed by atoms with Crippen molar-refractivity contribution in [1.29, 1.82) is 0 Å². The first-order valence-electron chi connectivity index (χ1n) is 9.21. The lowest BCUT2D eigenvalue weighted by molar-refractivity contribution is -0.110. The molecule has 9 nitrogen and oxygen atoms in total. The molecule has 0 radical (unpaired) electrons. The lowest BCUT2D eigenvalue weighted by atomic mass is 10.1. The van der Waals surface area contributed by atoms with Crippen LogP contribution in [0.15, 0.2) is 12.3 Å². The molecule has 4 rings (SSSR count). The van der Waals surface area contributed by atoms with E-state index in [9.17, 15) is 9.59 Å². The molecule has 0 unspecified atom stereocenters. The summed E-state index contributed by atoms with van der Waals surface area (Å²) in [6.45, 7) is 4.58. The summed E-state index contributed by atoms with van der Waals surface area (Å²) in [7, 11) is 3.69. The van der Waals surface area contributed by atoms with Gasteiger partial charge < -0.3 is 25.4 Å². The zero-order valence-corrected chi connectivity index (χ0v) is 16.2. The van der Waals surface area contributed by atoms with E-state index in [4.69, 9.17) is 0 Å².